The molecule has 4 fully saturated rings. The summed E-state index contributed by atoms with van der Waals surface area (Å²) in [6.07, 6.45) is 7.16. The molecule has 3 saturated heterocycles. The molecule has 0 aromatic rings. The fraction of sp³-hybridized carbons (Fsp3) is 0.889. The third kappa shape index (κ3) is 2.30. The molecule has 0 bridgehead atoms. The van der Waals surface area contributed by atoms with Gasteiger partial charge in [0, 0.05) is 19.7 Å². The van der Waals surface area contributed by atoms with Gasteiger partial charge < -0.3 is 14.7 Å². The molecule has 1 N–H and O–H groups in total. The number of nitrogens with zero attached hydrogens (tertiary/aromatic N) is 2. The van der Waals surface area contributed by atoms with Crippen molar-refractivity contribution in [3.8, 4) is 0 Å². The maximum Gasteiger partial charge on any atom is 0.314 e. The SMILES string of the molecule is O=C(N1C[C@@H]2CCOC[C@]2(C(=O)O)C1)C1(N2CCCC2)CCCC1. The summed E-state index contributed by atoms with van der Waals surface area (Å²) in [4.78, 5) is 29.7. The van der Waals surface area contributed by atoms with Crippen molar-refractivity contribution >= 4 is 11.9 Å². The number of rotatable bonds is 3. The number of ether oxygens (including phenoxy) is 1. The molecule has 6 nitrogen and oxygen atoms in total. The summed E-state index contributed by atoms with van der Waals surface area (Å²) in [5, 5.41) is 9.81. The largest absolute Gasteiger partial charge is 0.481 e. The van der Waals surface area contributed by atoms with E-state index < -0.39 is 11.4 Å². The Morgan fingerprint density at radius 2 is 1.79 bits per heavy atom. The lowest BCUT2D eigenvalue weighted by atomic mass is 9.76. The van der Waals surface area contributed by atoms with Gasteiger partial charge in [0.2, 0.25) is 5.91 Å². The average Bonchev–Trinajstić information content (AvgIpc) is 3.31. The Balaban J connectivity index is 1.59. The zero-order valence-electron chi connectivity index (χ0n) is 14.3. The standard InChI is InChI=1S/C18H28N2O4/c21-15(18(6-1-2-7-18)20-8-3-4-9-20)19-11-14-5-10-24-13-17(14,12-19)16(22)23/h14H,1-13H2,(H,22,23)/t14-,17+/m0/s1. The summed E-state index contributed by atoms with van der Waals surface area (Å²) in [6.45, 7) is 3.78. The normalized spacial score (nSPS) is 36.0. The fourth-order valence-corrected chi connectivity index (χ4v) is 5.51. The average molecular weight is 336 g/mol. The monoisotopic (exact) mass is 336 g/mol. The molecule has 134 valence electrons. The van der Waals surface area contributed by atoms with E-state index in [1.165, 1.54) is 12.8 Å². The number of hydrogen-bond acceptors (Lipinski definition) is 4. The highest BCUT2D eigenvalue weighted by Gasteiger charge is 2.58. The zero-order chi connectivity index (χ0) is 16.8. The Labute approximate surface area is 143 Å². The summed E-state index contributed by atoms with van der Waals surface area (Å²) in [5.74, 6) is -0.578. The van der Waals surface area contributed by atoms with E-state index in [0.717, 1.165) is 45.2 Å². The van der Waals surface area contributed by atoms with Gasteiger partial charge in [0.15, 0.2) is 0 Å². The summed E-state index contributed by atoms with van der Waals surface area (Å²) in [5.41, 5.74) is -1.25. The van der Waals surface area contributed by atoms with Crippen LogP contribution in [0.25, 0.3) is 0 Å². The lowest BCUT2D eigenvalue weighted by Crippen LogP contribution is -2.57. The highest BCUT2D eigenvalue weighted by molar-refractivity contribution is 5.88. The summed E-state index contributed by atoms with van der Waals surface area (Å²) in [6, 6.07) is 0. The molecule has 0 spiro atoms. The summed E-state index contributed by atoms with van der Waals surface area (Å²) < 4.78 is 5.50. The quantitative estimate of drug-likeness (QED) is 0.842. The first-order chi connectivity index (χ1) is 11.6. The minimum Gasteiger partial charge on any atom is -0.481 e. The number of carbonyl (C=O) groups excluding carboxylic acids is 1. The molecule has 3 aliphatic heterocycles. The first-order valence-corrected chi connectivity index (χ1v) is 9.44. The molecule has 6 heteroatoms. The molecular formula is C18H28N2O4. The van der Waals surface area contributed by atoms with Crippen LogP contribution in [0.4, 0.5) is 0 Å². The number of hydrogen-bond donors (Lipinski definition) is 1. The van der Waals surface area contributed by atoms with Crippen molar-refractivity contribution < 1.29 is 19.4 Å². The molecule has 1 aliphatic carbocycles. The van der Waals surface area contributed by atoms with E-state index in [0.29, 0.717) is 19.7 Å². The minimum atomic E-state index is -0.890. The molecule has 0 aromatic carbocycles. The number of carboxylic acids is 1. The van der Waals surface area contributed by atoms with Gasteiger partial charge in [0.05, 0.1) is 6.61 Å². The Morgan fingerprint density at radius 1 is 1.08 bits per heavy atom. The van der Waals surface area contributed by atoms with Gasteiger partial charge in [-0.15, -0.1) is 0 Å². The van der Waals surface area contributed by atoms with Crippen molar-refractivity contribution in [1.29, 1.82) is 0 Å². The molecule has 24 heavy (non-hydrogen) atoms. The van der Waals surface area contributed by atoms with Gasteiger partial charge in [-0.1, -0.05) is 12.8 Å². The van der Waals surface area contributed by atoms with E-state index >= 15 is 0 Å². The number of amides is 1. The highest BCUT2D eigenvalue weighted by atomic mass is 16.5. The Kier molecular flexibility index (Phi) is 4.07. The van der Waals surface area contributed by atoms with Crippen LogP contribution in [0.1, 0.15) is 44.9 Å². The van der Waals surface area contributed by atoms with Gasteiger partial charge in [0.1, 0.15) is 11.0 Å². The molecular weight excluding hydrogens is 308 g/mol. The van der Waals surface area contributed by atoms with Gasteiger partial charge in [-0.3, -0.25) is 14.5 Å². The Bertz CT molecular complexity index is 525. The third-order valence-electron chi connectivity index (χ3n) is 6.92. The van der Waals surface area contributed by atoms with Crippen LogP contribution in [0, 0.1) is 11.3 Å². The smallest absolute Gasteiger partial charge is 0.314 e. The Morgan fingerprint density at radius 3 is 2.42 bits per heavy atom. The topological polar surface area (TPSA) is 70.1 Å². The lowest BCUT2D eigenvalue weighted by molar-refractivity contribution is -0.160. The van der Waals surface area contributed by atoms with E-state index in [1.54, 1.807) is 0 Å². The van der Waals surface area contributed by atoms with Crippen molar-refractivity contribution in [2.24, 2.45) is 11.3 Å². The highest BCUT2D eigenvalue weighted by Crippen LogP contribution is 2.45. The maximum absolute atomic E-state index is 13.5. The summed E-state index contributed by atoms with van der Waals surface area (Å²) in [7, 11) is 0. The van der Waals surface area contributed by atoms with E-state index in [9.17, 15) is 14.7 Å². The van der Waals surface area contributed by atoms with Gasteiger partial charge in [-0.2, -0.15) is 0 Å². The van der Waals surface area contributed by atoms with E-state index in [1.807, 2.05) is 4.90 Å². The van der Waals surface area contributed by atoms with Gasteiger partial charge in [-0.05, 0) is 51.1 Å². The van der Waals surface area contributed by atoms with E-state index in [2.05, 4.69) is 4.90 Å². The minimum absolute atomic E-state index is 0.0322. The molecule has 1 amide bonds. The molecule has 2 atom stereocenters. The lowest BCUT2D eigenvalue weighted by Gasteiger charge is -2.40. The fourth-order valence-electron chi connectivity index (χ4n) is 5.51. The van der Waals surface area contributed by atoms with Crippen LogP contribution < -0.4 is 0 Å². The van der Waals surface area contributed by atoms with Crippen LogP contribution in [-0.4, -0.2) is 71.7 Å². The number of fused-ring (bicyclic) bond motifs is 1. The number of aliphatic carboxylic acids is 1. The molecule has 0 radical (unpaired) electrons. The van der Waals surface area contributed by atoms with Crippen molar-refractivity contribution in [1.82, 2.24) is 9.80 Å². The summed E-state index contributed by atoms with van der Waals surface area (Å²) >= 11 is 0. The van der Waals surface area contributed by atoms with Gasteiger partial charge in [0.25, 0.3) is 0 Å². The van der Waals surface area contributed by atoms with Gasteiger partial charge in [-0.25, -0.2) is 0 Å². The van der Waals surface area contributed by atoms with Crippen LogP contribution in [-0.2, 0) is 14.3 Å². The zero-order valence-corrected chi connectivity index (χ0v) is 14.3. The van der Waals surface area contributed by atoms with Crippen LogP contribution >= 0.6 is 0 Å². The Hall–Kier alpha value is -1.14. The molecule has 4 aliphatic rings. The van der Waals surface area contributed by atoms with Crippen LogP contribution in [0.5, 0.6) is 0 Å². The molecule has 4 rings (SSSR count). The second-order valence-corrected chi connectivity index (χ2v) is 8.12. The molecule has 1 saturated carbocycles. The molecule has 0 aromatic heterocycles. The second kappa shape index (κ2) is 5.99. The van der Waals surface area contributed by atoms with E-state index in [-0.39, 0.29) is 24.0 Å². The van der Waals surface area contributed by atoms with Crippen LogP contribution in [0.3, 0.4) is 0 Å². The molecule has 3 heterocycles. The number of carboxylic acid groups (broad SMARTS) is 1. The van der Waals surface area contributed by atoms with Crippen LogP contribution in [0.15, 0.2) is 0 Å². The van der Waals surface area contributed by atoms with Crippen molar-refractivity contribution in [2.75, 3.05) is 39.4 Å². The van der Waals surface area contributed by atoms with Gasteiger partial charge >= 0.3 is 5.97 Å². The van der Waals surface area contributed by atoms with Crippen molar-refractivity contribution in [3.63, 3.8) is 0 Å². The number of carbonyl (C=O) groups is 2. The third-order valence-corrected chi connectivity index (χ3v) is 6.92. The predicted molar refractivity (Wildman–Crippen MR) is 87.6 cm³/mol. The maximum atomic E-state index is 13.5. The van der Waals surface area contributed by atoms with E-state index in [4.69, 9.17) is 4.74 Å². The molecule has 0 unspecified atom stereocenters. The van der Waals surface area contributed by atoms with Crippen molar-refractivity contribution in [3.05, 3.63) is 0 Å². The first kappa shape index (κ1) is 16.3. The number of likely N-dealkylation sites (tertiary alicyclic amines) is 2. The predicted octanol–water partition coefficient (Wildman–Crippen LogP) is 1.34. The first-order valence-electron chi connectivity index (χ1n) is 9.44. The second-order valence-electron chi connectivity index (χ2n) is 8.12. The van der Waals surface area contributed by atoms with Crippen LogP contribution in [0.2, 0.25) is 0 Å². The van der Waals surface area contributed by atoms with Crippen molar-refractivity contribution in [2.45, 2.75) is 50.5 Å².